The topological polar surface area (TPSA) is 54.5 Å². The second-order valence-corrected chi connectivity index (χ2v) is 12.5. The van der Waals surface area contributed by atoms with Gasteiger partial charge in [-0.15, -0.1) is 0 Å². The molecule has 2 unspecified atom stereocenters. The van der Waals surface area contributed by atoms with E-state index in [0.29, 0.717) is 24.2 Å². The molecular formula is C20H31NO3S. The van der Waals surface area contributed by atoms with Gasteiger partial charge in [-0.25, -0.2) is 8.42 Å². The number of nitrogens with zero attached hydrogens (tertiary/aromatic N) is 1. The molecule has 6 rings (SSSR count). The zero-order valence-electron chi connectivity index (χ0n) is 15.3. The third kappa shape index (κ3) is 2.76. The van der Waals surface area contributed by atoms with Gasteiger partial charge < -0.3 is 4.90 Å². The molecule has 0 aromatic rings. The Morgan fingerprint density at radius 3 is 1.84 bits per heavy atom. The Balaban J connectivity index is 1.31. The van der Waals surface area contributed by atoms with Crippen molar-refractivity contribution in [1.29, 1.82) is 0 Å². The summed E-state index contributed by atoms with van der Waals surface area (Å²) in [6.07, 6.45) is 13.5. The third-order valence-electron chi connectivity index (χ3n) is 8.27. The Bertz CT molecular complexity index is 636. The number of piperidine rings is 1. The lowest BCUT2D eigenvalue weighted by atomic mass is 9.49. The Kier molecular flexibility index (Phi) is 3.62. The molecule has 0 radical (unpaired) electrons. The van der Waals surface area contributed by atoms with Crippen molar-refractivity contribution < 1.29 is 13.2 Å². The van der Waals surface area contributed by atoms with Crippen LogP contribution in [-0.2, 0) is 14.6 Å². The van der Waals surface area contributed by atoms with Crippen LogP contribution in [0.25, 0.3) is 0 Å². The number of hydrogen-bond donors (Lipinski definition) is 0. The van der Waals surface area contributed by atoms with Crippen molar-refractivity contribution in [2.75, 3.05) is 6.26 Å². The normalized spacial score (nSPS) is 48.1. The molecule has 0 N–H and O–H groups in total. The Morgan fingerprint density at radius 1 is 0.920 bits per heavy atom. The van der Waals surface area contributed by atoms with Crippen molar-refractivity contribution in [2.24, 2.45) is 23.2 Å². The number of hydrogen-bond acceptors (Lipinski definition) is 3. The van der Waals surface area contributed by atoms with Crippen LogP contribution in [0.3, 0.4) is 0 Å². The lowest BCUT2D eigenvalue weighted by molar-refractivity contribution is -0.143. The molecule has 0 aromatic heterocycles. The lowest BCUT2D eigenvalue weighted by Gasteiger charge is -2.57. The van der Waals surface area contributed by atoms with E-state index in [2.05, 4.69) is 4.90 Å². The van der Waals surface area contributed by atoms with Crippen LogP contribution in [0.5, 0.6) is 0 Å². The number of amides is 1. The highest BCUT2D eigenvalue weighted by molar-refractivity contribution is 7.91. The van der Waals surface area contributed by atoms with Crippen molar-refractivity contribution in [3.63, 3.8) is 0 Å². The molecule has 4 aliphatic carbocycles. The monoisotopic (exact) mass is 365 g/mol. The maximum absolute atomic E-state index is 13.3. The van der Waals surface area contributed by atoms with Gasteiger partial charge in [-0.1, -0.05) is 0 Å². The number of fused-ring (bicyclic) bond motifs is 2. The predicted octanol–water partition coefficient (Wildman–Crippen LogP) is 3.16. The predicted molar refractivity (Wildman–Crippen MR) is 96.7 cm³/mol. The van der Waals surface area contributed by atoms with Crippen molar-refractivity contribution in [3.8, 4) is 0 Å². The Labute approximate surface area is 151 Å². The van der Waals surface area contributed by atoms with E-state index in [4.69, 9.17) is 0 Å². The zero-order chi connectivity index (χ0) is 17.4. The first-order valence-corrected chi connectivity index (χ1v) is 12.3. The van der Waals surface area contributed by atoms with Crippen LogP contribution in [0, 0.1) is 23.2 Å². The molecule has 2 heterocycles. The van der Waals surface area contributed by atoms with Crippen LogP contribution in [-0.4, -0.2) is 42.8 Å². The van der Waals surface area contributed by atoms with Crippen molar-refractivity contribution >= 4 is 15.7 Å². The number of carbonyl (C=O) groups excluding carboxylic acids is 1. The van der Waals surface area contributed by atoms with Gasteiger partial charge in [-0.05, 0) is 87.4 Å². The average Bonchev–Trinajstić information content (AvgIpc) is 2.74. The minimum absolute atomic E-state index is 0.180. The summed E-state index contributed by atoms with van der Waals surface area (Å²) < 4.78 is 24.0. The molecule has 0 aromatic carbocycles. The van der Waals surface area contributed by atoms with Gasteiger partial charge in [-0.2, -0.15) is 0 Å². The van der Waals surface area contributed by atoms with E-state index >= 15 is 0 Å². The summed E-state index contributed by atoms with van der Waals surface area (Å²) in [6.45, 7) is 0. The van der Waals surface area contributed by atoms with Crippen LogP contribution in [0.4, 0.5) is 0 Å². The summed E-state index contributed by atoms with van der Waals surface area (Å²) in [5.41, 5.74) is 0.291. The molecular weight excluding hydrogens is 334 g/mol. The summed E-state index contributed by atoms with van der Waals surface area (Å²) in [4.78, 5) is 15.4. The molecule has 0 spiro atoms. The fraction of sp³-hybridized carbons (Fsp3) is 0.950. The lowest BCUT2D eigenvalue weighted by Crippen LogP contribution is -2.53. The quantitative estimate of drug-likeness (QED) is 0.772. The van der Waals surface area contributed by atoms with Crippen molar-refractivity contribution in [1.82, 2.24) is 4.90 Å². The van der Waals surface area contributed by atoms with Gasteiger partial charge >= 0.3 is 0 Å². The van der Waals surface area contributed by atoms with Gasteiger partial charge in [0.25, 0.3) is 0 Å². The summed E-state index contributed by atoms with van der Waals surface area (Å²) in [5.74, 6) is 2.99. The maximum atomic E-state index is 13.3. The van der Waals surface area contributed by atoms with E-state index in [1.54, 1.807) is 0 Å². The van der Waals surface area contributed by atoms with E-state index in [0.717, 1.165) is 37.0 Å². The molecule has 4 nitrogen and oxygen atoms in total. The second kappa shape index (κ2) is 5.46. The van der Waals surface area contributed by atoms with E-state index < -0.39 is 9.84 Å². The summed E-state index contributed by atoms with van der Waals surface area (Å²) in [6, 6.07) is 0.361. The molecule has 1 amide bonds. The molecule has 4 saturated carbocycles. The van der Waals surface area contributed by atoms with Gasteiger partial charge in [0.05, 0.1) is 5.25 Å². The van der Waals surface area contributed by atoms with Crippen molar-refractivity contribution in [2.45, 2.75) is 88.0 Å². The molecule has 6 fully saturated rings. The SMILES string of the molecule is CS(=O)(=O)C1CC2CCC(C1)N2C(=O)CC12CC3CC(CC(C3)C1)C2. The van der Waals surface area contributed by atoms with Gasteiger partial charge in [0.2, 0.25) is 5.91 Å². The van der Waals surface area contributed by atoms with Crippen LogP contribution < -0.4 is 0 Å². The number of sulfone groups is 1. The molecule has 2 atom stereocenters. The number of rotatable bonds is 3. The largest absolute Gasteiger partial charge is 0.337 e. The fourth-order valence-corrected chi connectivity index (χ4v) is 8.95. The second-order valence-electron chi connectivity index (χ2n) is 10.2. The van der Waals surface area contributed by atoms with Gasteiger partial charge in [0.15, 0.2) is 0 Å². The maximum Gasteiger partial charge on any atom is 0.223 e. The number of carbonyl (C=O) groups is 1. The van der Waals surface area contributed by atoms with Crippen LogP contribution in [0.1, 0.15) is 70.6 Å². The standard InChI is InChI=1S/C20H31NO3S/c1-25(23,24)18-7-16-2-3-17(8-18)21(16)19(22)12-20-9-13-4-14(10-20)6-15(5-13)11-20/h13-18H,2-12H2,1H3. The highest BCUT2D eigenvalue weighted by Crippen LogP contribution is 2.61. The summed E-state index contributed by atoms with van der Waals surface area (Å²) in [7, 11) is -2.98. The van der Waals surface area contributed by atoms with Gasteiger partial charge in [0, 0.05) is 24.8 Å². The molecule has 140 valence electrons. The third-order valence-corrected chi connectivity index (χ3v) is 9.87. The highest BCUT2D eigenvalue weighted by atomic mass is 32.2. The molecule has 2 saturated heterocycles. The minimum Gasteiger partial charge on any atom is -0.337 e. The van der Waals surface area contributed by atoms with Crippen LogP contribution in [0.15, 0.2) is 0 Å². The zero-order valence-corrected chi connectivity index (χ0v) is 16.1. The molecule has 6 bridgehead atoms. The first kappa shape index (κ1) is 16.6. The average molecular weight is 366 g/mol. The highest BCUT2D eigenvalue weighted by Gasteiger charge is 2.53. The molecule has 6 aliphatic rings. The van der Waals surface area contributed by atoms with E-state index in [9.17, 15) is 13.2 Å². The smallest absolute Gasteiger partial charge is 0.223 e. The van der Waals surface area contributed by atoms with Crippen molar-refractivity contribution in [3.05, 3.63) is 0 Å². The first-order chi connectivity index (χ1) is 11.8. The Morgan fingerprint density at radius 2 is 1.40 bits per heavy atom. The van der Waals surface area contributed by atoms with Crippen LogP contribution >= 0.6 is 0 Å². The Hall–Kier alpha value is -0.580. The van der Waals surface area contributed by atoms with E-state index in [1.165, 1.54) is 44.8 Å². The van der Waals surface area contributed by atoms with Crippen LogP contribution in [0.2, 0.25) is 0 Å². The van der Waals surface area contributed by atoms with E-state index in [1.807, 2.05) is 0 Å². The first-order valence-electron chi connectivity index (χ1n) is 10.3. The fourth-order valence-electron chi connectivity index (χ4n) is 7.80. The van der Waals surface area contributed by atoms with Gasteiger partial charge in [0.1, 0.15) is 9.84 Å². The summed E-state index contributed by atoms with van der Waals surface area (Å²) in [5, 5.41) is -0.228. The minimum atomic E-state index is -2.98. The molecule has 5 heteroatoms. The molecule has 2 aliphatic heterocycles. The van der Waals surface area contributed by atoms with Gasteiger partial charge in [-0.3, -0.25) is 4.79 Å². The van der Waals surface area contributed by atoms with E-state index in [-0.39, 0.29) is 17.3 Å². The summed E-state index contributed by atoms with van der Waals surface area (Å²) >= 11 is 0. The molecule has 25 heavy (non-hydrogen) atoms.